The van der Waals surface area contributed by atoms with Crippen LogP contribution in [0.2, 0.25) is 0 Å². The maximum Gasteiger partial charge on any atom is 0.250 e. The highest BCUT2D eigenvalue weighted by Gasteiger charge is 2.42. The minimum Gasteiger partial charge on any atom is -0.342 e. The van der Waals surface area contributed by atoms with Crippen LogP contribution < -0.4 is 10.2 Å². The topological polar surface area (TPSA) is 62.3 Å². The molecule has 114 valence electrons. The van der Waals surface area contributed by atoms with Gasteiger partial charge in [0.25, 0.3) is 0 Å². The molecule has 1 N–H and O–H groups in total. The Kier molecular flexibility index (Phi) is 4.60. The zero-order chi connectivity index (χ0) is 15.6. The van der Waals surface area contributed by atoms with Crippen LogP contribution in [0.5, 0.6) is 0 Å². The van der Waals surface area contributed by atoms with E-state index < -0.39 is 12.1 Å². The Morgan fingerprint density at radius 1 is 1.38 bits per heavy atom. The first-order chi connectivity index (χ1) is 9.97. The summed E-state index contributed by atoms with van der Waals surface area (Å²) in [5.74, 6) is -0.0753. The van der Waals surface area contributed by atoms with Crippen molar-refractivity contribution in [1.82, 2.24) is 10.3 Å². The maximum absolute atomic E-state index is 12.8. The molecule has 0 bridgehead atoms. The van der Waals surface area contributed by atoms with E-state index in [1.54, 1.807) is 17.3 Å². The molecule has 2 unspecified atom stereocenters. The largest absolute Gasteiger partial charge is 0.342 e. The molecule has 1 aromatic heterocycles. The lowest BCUT2D eigenvalue weighted by molar-refractivity contribution is -0.135. The van der Waals surface area contributed by atoms with E-state index in [0.29, 0.717) is 6.42 Å². The number of nitrogens with zero attached hydrogens (tertiary/aromatic N) is 2. The Labute approximate surface area is 125 Å². The number of rotatable bonds is 4. The molecule has 0 saturated carbocycles. The minimum absolute atomic E-state index is 0.0359. The van der Waals surface area contributed by atoms with Crippen LogP contribution in [0.1, 0.15) is 39.2 Å². The minimum atomic E-state index is -0.478. The van der Waals surface area contributed by atoms with Crippen molar-refractivity contribution >= 4 is 17.5 Å². The van der Waals surface area contributed by atoms with Gasteiger partial charge in [-0.2, -0.15) is 0 Å². The number of piperazine rings is 1. The Morgan fingerprint density at radius 2 is 2.10 bits per heavy atom. The van der Waals surface area contributed by atoms with Gasteiger partial charge >= 0.3 is 0 Å². The number of amides is 2. The summed E-state index contributed by atoms with van der Waals surface area (Å²) in [5, 5.41) is 2.87. The third-order valence-electron chi connectivity index (χ3n) is 3.88. The molecule has 2 amide bonds. The number of carbonyl (C=O) groups excluding carboxylic acids is 2. The molecule has 1 aromatic rings. The van der Waals surface area contributed by atoms with Gasteiger partial charge in [0.1, 0.15) is 12.1 Å². The molecule has 2 atom stereocenters. The first kappa shape index (κ1) is 15.5. The number of anilines is 1. The first-order valence-electron chi connectivity index (χ1n) is 7.51. The molecular weight excluding hydrogens is 266 g/mol. The molecule has 0 spiro atoms. The van der Waals surface area contributed by atoms with E-state index in [2.05, 4.69) is 10.3 Å². The molecule has 2 heterocycles. The normalized spacial score (nSPS) is 22.6. The van der Waals surface area contributed by atoms with Crippen LogP contribution in [0, 0.1) is 12.8 Å². The van der Waals surface area contributed by atoms with Crippen LogP contribution in [0.3, 0.4) is 0 Å². The van der Waals surface area contributed by atoms with Crippen LogP contribution in [0.4, 0.5) is 5.69 Å². The molecule has 1 saturated heterocycles. The average molecular weight is 289 g/mol. The van der Waals surface area contributed by atoms with Crippen molar-refractivity contribution in [2.45, 2.75) is 52.6 Å². The second-order valence-corrected chi connectivity index (χ2v) is 5.91. The van der Waals surface area contributed by atoms with Gasteiger partial charge in [-0.05, 0) is 30.9 Å². The number of carbonyl (C=O) groups is 2. The molecule has 1 aliphatic heterocycles. The molecule has 1 aliphatic rings. The summed E-state index contributed by atoms with van der Waals surface area (Å²) < 4.78 is 0. The van der Waals surface area contributed by atoms with Gasteiger partial charge in [-0.15, -0.1) is 0 Å². The molecule has 21 heavy (non-hydrogen) atoms. The van der Waals surface area contributed by atoms with Crippen LogP contribution in [0.15, 0.2) is 18.5 Å². The molecule has 0 aliphatic carbocycles. The van der Waals surface area contributed by atoms with Crippen LogP contribution in [0.25, 0.3) is 0 Å². The highest BCUT2D eigenvalue weighted by Crippen LogP contribution is 2.28. The average Bonchev–Trinajstić information content (AvgIpc) is 2.43. The van der Waals surface area contributed by atoms with Gasteiger partial charge in [0.15, 0.2) is 0 Å². The Hall–Kier alpha value is -1.91. The highest BCUT2D eigenvalue weighted by molar-refractivity contribution is 6.08. The Morgan fingerprint density at radius 3 is 2.67 bits per heavy atom. The number of aromatic nitrogens is 1. The van der Waals surface area contributed by atoms with Gasteiger partial charge in [-0.1, -0.05) is 27.2 Å². The smallest absolute Gasteiger partial charge is 0.250 e. The fourth-order valence-electron chi connectivity index (χ4n) is 2.80. The van der Waals surface area contributed by atoms with E-state index in [-0.39, 0.29) is 17.7 Å². The third kappa shape index (κ3) is 2.91. The van der Waals surface area contributed by atoms with E-state index >= 15 is 0 Å². The monoisotopic (exact) mass is 289 g/mol. The van der Waals surface area contributed by atoms with Crippen LogP contribution in [-0.2, 0) is 9.59 Å². The molecule has 5 nitrogen and oxygen atoms in total. The quantitative estimate of drug-likeness (QED) is 0.922. The molecule has 2 rings (SSSR count). The summed E-state index contributed by atoms with van der Waals surface area (Å²) in [4.78, 5) is 31.0. The van der Waals surface area contributed by atoms with E-state index in [1.165, 1.54) is 0 Å². The van der Waals surface area contributed by atoms with E-state index in [9.17, 15) is 9.59 Å². The Bertz CT molecular complexity index is 542. The zero-order valence-electron chi connectivity index (χ0n) is 13.1. The predicted molar refractivity (Wildman–Crippen MR) is 81.9 cm³/mol. The fraction of sp³-hybridized carbons (Fsp3) is 0.562. The molecule has 0 radical (unpaired) electrons. The van der Waals surface area contributed by atoms with Gasteiger partial charge < -0.3 is 5.32 Å². The lowest BCUT2D eigenvalue weighted by atomic mass is 9.94. The number of hydrogen-bond acceptors (Lipinski definition) is 3. The van der Waals surface area contributed by atoms with Crippen molar-refractivity contribution in [3.8, 4) is 0 Å². The molecular formula is C16H23N3O2. The lowest BCUT2D eigenvalue weighted by Crippen LogP contribution is -2.65. The van der Waals surface area contributed by atoms with Crippen LogP contribution in [-0.4, -0.2) is 28.9 Å². The molecule has 0 aromatic carbocycles. The van der Waals surface area contributed by atoms with Gasteiger partial charge in [-0.25, -0.2) is 0 Å². The van der Waals surface area contributed by atoms with Crippen molar-refractivity contribution in [3.05, 3.63) is 24.0 Å². The zero-order valence-corrected chi connectivity index (χ0v) is 13.1. The van der Waals surface area contributed by atoms with Crippen molar-refractivity contribution in [1.29, 1.82) is 0 Å². The third-order valence-corrected chi connectivity index (χ3v) is 3.88. The van der Waals surface area contributed by atoms with E-state index in [1.807, 2.05) is 33.8 Å². The Balaban J connectivity index is 2.46. The summed E-state index contributed by atoms with van der Waals surface area (Å²) in [6, 6.07) is 0.951. The van der Waals surface area contributed by atoms with E-state index in [4.69, 9.17) is 0 Å². The summed E-state index contributed by atoms with van der Waals surface area (Å²) in [5.41, 5.74) is 1.69. The summed E-state index contributed by atoms with van der Waals surface area (Å²) in [6.45, 7) is 7.85. The van der Waals surface area contributed by atoms with Crippen molar-refractivity contribution in [3.63, 3.8) is 0 Å². The number of pyridine rings is 1. The second kappa shape index (κ2) is 6.24. The summed E-state index contributed by atoms with van der Waals surface area (Å²) in [7, 11) is 0. The summed E-state index contributed by atoms with van der Waals surface area (Å²) in [6.07, 6.45) is 4.87. The van der Waals surface area contributed by atoms with Crippen molar-refractivity contribution in [2.24, 2.45) is 5.92 Å². The summed E-state index contributed by atoms with van der Waals surface area (Å²) >= 11 is 0. The van der Waals surface area contributed by atoms with Crippen LogP contribution >= 0.6 is 0 Å². The fourth-order valence-corrected chi connectivity index (χ4v) is 2.80. The van der Waals surface area contributed by atoms with E-state index in [0.717, 1.165) is 17.7 Å². The standard InChI is InChI=1S/C16H23N3O2/c1-5-6-12-16(21)19(13-9-17-8-7-11(13)4)14(10(2)3)15(20)18-12/h7-10,12,14H,5-6H2,1-4H3,(H,18,20). The van der Waals surface area contributed by atoms with Gasteiger partial charge in [0.05, 0.1) is 11.9 Å². The van der Waals surface area contributed by atoms with Gasteiger partial charge in [0.2, 0.25) is 11.8 Å². The number of aryl methyl sites for hydroxylation is 1. The number of nitrogens with one attached hydrogen (secondary N) is 1. The first-order valence-corrected chi connectivity index (χ1v) is 7.51. The van der Waals surface area contributed by atoms with Gasteiger partial charge in [-0.3, -0.25) is 19.5 Å². The number of hydrogen-bond donors (Lipinski definition) is 1. The second-order valence-electron chi connectivity index (χ2n) is 5.91. The van der Waals surface area contributed by atoms with Crippen molar-refractivity contribution < 1.29 is 9.59 Å². The van der Waals surface area contributed by atoms with Gasteiger partial charge in [0, 0.05) is 6.20 Å². The molecule has 5 heteroatoms. The highest BCUT2D eigenvalue weighted by atomic mass is 16.2. The van der Waals surface area contributed by atoms with Crippen molar-refractivity contribution in [2.75, 3.05) is 4.90 Å². The SMILES string of the molecule is CCCC1NC(=O)C(C(C)C)N(c2cnccc2C)C1=O. The maximum atomic E-state index is 12.8. The predicted octanol–water partition coefficient (Wildman–Crippen LogP) is 2.05. The lowest BCUT2D eigenvalue weighted by Gasteiger charge is -2.41. The molecule has 1 fully saturated rings.